The SMILES string of the molecule is COCCN(C(=O)CNC1CCOCC1(C)C)C1CCS(=O)(=O)C1. The molecule has 24 heavy (non-hydrogen) atoms. The maximum absolute atomic E-state index is 12.7. The van der Waals surface area contributed by atoms with Crippen molar-refractivity contribution in [1.29, 1.82) is 0 Å². The van der Waals surface area contributed by atoms with Gasteiger partial charge in [-0.05, 0) is 12.8 Å². The van der Waals surface area contributed by atoms with Crippen molar-refractivity contribution in [2.24, 2.45) is 5.41 Å². The van der Waals surface area contributed by atoms with Crippen LogP contribution in [0.25, 0.3) is 0 Å². The Kier molecular flexibility index (Phi) is 6.64. The second kappa shape index (κ2) is 8.12. The van der Waals surface area contributed by atoms with E-state index in [0.29, 0.717) is 32.8 Å². The maximum atomic E-state index is 12.7. The molecule has 7 nitrogen and oxygen atoms in total. The molecule has 2 saturated heterocycles. The first-order valence-electron chi connectivity index (χ1n) is 8.55. The van der Waals surface area contributed by atoms with E-state index in [-0.39, 0.29) is 41.5 Å². The van der Waals surface area contributed by atoms with Gasteiger partial charge in [-0.3, -0.25) is 4.79 Å². The van der Waals surface area contributed by atoms with Crippen LogP contribution in [0, 0.1) is 5.41 Å². The summed E-state index contributed by atoms with van der Waals surface area (Å²) in [6.45, 7) is 6.67. The predicted molar refractivity (Wildman–Crippen MR) is 91.7 cm³/mol. The number of methoxy groups -OCH3 is 1. The highest BCUT2D eigenvalue weighted by molar-refractivity contribution is 7.91. The summed E-state index contributed by atoms with van der Waals surface area (Å²) in [6, 6.07) is -0.0195. The number of hydrogen-bond donors (Lipinski definition) is 1. The molecule has 2 fully saturated rings. The third-order valence-corrected chi connectivity index (χ3v) is 6.72. The zero-order valence-corrected chi connectivity index (χ0v) is 15.7. The number of amides is 1. The largest absolute Gasteiger partial charge is 0.383 e. The van der Waals surface area contributed by atoms with Crippen molar-refractivity contribution in [3.05, 3.63) is 0 Å². The zero-order valence-electron chi connectivity index (χ0n) is 14.9. The minimum absolute atomic E-state index is 0.0212. The van der Waals surface area contributed by atoms with Gasteiger partial charge in [0.25, 0.3) is 0 Å². The average molecular weight is 362 g/mol. The number of sulfone groups is 1. The summed E-state index contributed by atoms with van der Waals surface area (Å²) in [6.07, 6.45) is 1.39. The van der Waals surface area contributed by atoms with Crippen molar-refractivity contribution >= 4 is 15.7 Å². The van der Waals surface area contributed by atoms with Gasteiger partial charge < -0.3 is 19.7 Å². The lowest BCUT2D eigenvalue weighted by molar-refractivity contribution is -0.133. The fraction of sp³-hybridized carbons (Fsp3) is 0.938. The van der Waals surface area contributed by atoms with Crippen molar-refractivity contribution in [2.75, 3.05) is 51.5 Å². The van der Waals surface area contributed by atoms with E-state index >= 15 is 0 Å². The Morgan fingerprint density at radius 2 is 2.12 bits per heavy atom. The third kappa shape index (κ3) is 5.15. The highest BCUT2D eigenvalue weighted by atomic mass is 32.2. The van der Waals surface area contributed by atoms with Crippen LogP contribution in [0.2, 0.25) is 0 Å². The van der Waals surface area contributed by atoms with Crippen molar-refractivity contribution < 1.29 is 22.7 Å². The fourth-order valence-electron chi connectivity index (χ4n) is 3.44. The van der Waals surface area contributed by atoms with E-state index in [2.05, 4.69) is 19.2 Å². The van der Waals surface area contributed by atoms with Crippen molar-refractivity contribution in [2.45, 2.75) is 38.8 Å². The van der Waals surface area contributed by atoms with Crippen LogP contribution in [0.3, 0.4) is 0 Å². The molecule has 0 spiro atoms. The number of carbonyl (C=O) groups excluding carboxylic acids is 1. The molecule has 0 saturated carbocycles. The van der Waals surface area contributed by atoms with Crippen molar-refractivity contribution in [3.63, 3.8) is 0 Å². The first-order valence-corrected chi connectivity index (χ1v) is 10.4. The normalized spacial score (nSPS) is 28.6. The van der Waals surface area contributed by atoms with E-state index in [4.69, 9.17) is 9.47 Å². The van der Waals surface area contributed by atoms with E-state index in [0.717, 1.165) is 6.42 Å². The molecule has 0 aromatic rings. The Hall–Kier alpha value is -0.700. The van der Waals surface area contributed by atoms with Gasteiger partial charge in [0.15, 0.2) is 9.84 Å². The number of nitrogens with zero attached hydrogens (tertiary/aromatic N) is 1. The van der Waals surface area contributed by atoms with Gasteiger partial charge in [-0.2, -0.15) is 0 Å². The first kappa shape index (κ1) is 19.6. The summed E-state index contributed by atoms with van der Waals surface area (Å²) in [5.41, 5.74) is -0.0212. The molecule has 0 aromatic heterocycles. The lowest BCUT2D eigenvalue weighted by atomic mass is 9.82. The molecule has 2 unspecified atom stereocenters. The lowest BCUT2D eigenvalue weighted by Crippen LogP contribution is -2.53. The Morgan fingerprint density at radius 3 is 2.71 bits per heavy atom. The van der Waals surface area contributed by atoms with Crippen molar-refractivity contribution in [3.8, 4) is 0 Å². The molecule has 1 amide bonds. The molecular formula is C16H30N2O5S. The number of carbonyl (C=O) groups is 1. The molecular weight excluding hydrogens is 332 g/mol. The maximum Gasteiger partial charge on any atom is 0.236 e. The van der Waals surface area contributed by atoms with E-state index in [1.165, 1.54) is 0 Å². The molecule has 0 aromatic carbocycles. The molecule has 140 valence electrons. The van der Waals surface area contributed by atoms with Gasteiger partial charge in [-0.1, -0.05) is 13.8 Å². The molecule has 0 radical (unpaired) electrons. The highest BCUT2D eigenvalue weighted by Gasteiger charge is 2.36. The van der Waals surface area contributed by atoms with Gasteiger partial charge in [0.1, 0.15) is 0 Å². The zero-order chi connectivity index (χ0) is 17.8. The van der Waals surface area contributed by atoms with Crippen LogP contribution in [0.1, 0.15) is 26.7 Å². The summed E-state index contributed by atoms with van der Waals surface area (Å²) in [5, 5.41) is 3.35. The Labute approximate surface area is 145 Å². The Balaban J connectivity index is 1.95. The average Bonchev–Trinajstić information content (AvgIpc) is 2.86. The topological polar surface area (TPSA) is 84.9 Å². The van der Waals surface area contributed by atoms with Gasteiger partial charge in [0.2, 0.25) is 5.91 Å². The van der Waals surface area contributed by atoms with Gasteiger partial charge in [0.05, 0.1) is 31.3 Å². The molecule has 0 bridgehead atoms. The summed E-state index contributed by atoms with van der Waals surface area (Å²) in [5.74, 6) is 0.163. The second-order valence-electron chi connectivity index (χ2n) is 7.40. The van der Waals surface area contributed by atoms with Crippen LogP contribution in [0.15, 0.2) is 0 Å². The molecule has 2 heterocycles. The molecule has 2 atom stereocenters. The highest BCUT2D eigenvalue weighted by Crippen LogP contribution is 2.27. The van der Waals surface area contributed by atoms with Crippen LogP contribution in [0.4, 0.5) is 0 Å². The monoisotopic (exact) mass is 362 g/mol. The summed E-state index contributed by atoms with van der Waals surface area (Å²) < 4.78 is 34.1. The number of ether oxygens (including phenoxy) is 2. The molecule has 1 N–H and O–H groups in total. The Morgan fingerprint density at radius 1 is 1.38 bits per heavy atom. The molecule has 2 aliphatic heterocycles. The van der Waals surface area contributed by atoms with Crippen molar-refractivity contribution in [1.82, 2.24) is 10.2 Å². The minimum Gasteiger partial charge on any atom is -0.383 e. The Bertz CT molecular complexity index is 535. The molecule has 8 heteroatoms. The van der Waals surface area contributed by atoms with E-state index in [1.807, 2.05) is 0 Å². The number of rotatable bonds is 7. The summed E-state index contributed by atoms with van der Waals surface area (Å²) >= 11 is 0. The fourth-order valence-corrected chi connectivity index (χ4v) is 5.17. The van der Waals surface area contributed by atoms with Gasteiger partial charge >= 0.3 is 0 Å². The quantitative estimate of drug-likeness (QED) is 0.689. The van der Waals surface area contributed by atoms with E-state index in [9.17, 15) is 13.2 Å². The molecule has 2 rings (SSSR count). The third-order valence-electron chi connectivity index (χ3n) is 4.97. The van der Waals surface area contributed by atoms with Crippen LogP contribution < -0.4 is 5.32 Å². The summed E-state index contributed by atoms with van der Waals surface area (Å²) in [4.78, 5) is 14.4. The van der Waals surface area contributed by atoms with E-state index in [1.54, 1.807) is 12.0 Å². The minimum atomic E-state index is -3.02. The standard InChI is InChI=1S/C16H30N2O5S/c1-16(2)12-23-7-4-14(16)17-10-15(19)18(6-8-22-3)13-5-9-24(20,21)11-13/h13-14,17H,4-12H2,1-3H3. The van der Waals surface area contributed by atoms with Gasteiger partial charge in [0, 0.05) is 37.8 Å². The first-order chi connectivity index (χ1) is 11.2. The van der Waals surface area contributed by atoms with Crippen LogP contribution >= 0.6 is 0 Å². The molecule has 0 aliphatic carbocycles. The van der Waals surface area contributed by atoms with Crippen LogP contribution in [-0.4, -0.2) is 82.8 Å². The second-order valence-corrected chi connectivity index (χ2v) is 9.63. The van der Waals surface area contributed by atoms with E-state index < -0.39 is 9.84 Å². The van der Waals surface area contributed by atoms with Gasteiger partial charge in [-0.15, -0.1) is 0 Å². The predicted octanol–water partition coefficient (Wildman–Crippen LogP) is 0.0532. The number of hydrogen-bond acceptors (Lipinski definition) is 6. The number of nitrogens with one attached hydrogen (secondary N) is 1. The lowest BCUT2D eigenvalue weighted by Gasteiger charge is -2.39. The van der Waals surface area contributed by atoms with Crippen LogP contribution in [-0.2, 0) is 24.1 Å². The summed E-state index contributed by atoms with van der Waals surface area (Å²) in [7, 11) is -1.44. The van der Waals surface area contributed by atoms with Crippen LogP contribution in [0.5, 0.6) is 0 Å². The molecule has 2 aliphatic rings. The van der Waals surface area contributed by atoms with Gasteiger partial charge in [-0.25, -0.2) is 8.42 Å². The smallest absolute Gasteiger partial charge is 0.236 e.